The number of ether oxygens (including phenoxy) is 1. The first kappa shape index (κ1) is 22.5. The molecule has 1 heterocycles. The van der Waals surface area contributed by atoms with E-state index in [-0.39, 0.29) is 5.91 Å². The number of guanidine groups is 1. The van der Waals surface area contributed by atoms with Crippen LogP contribution in [0.15, 0.2) is 53.5 Å². The molecule has 0 aromatic heterocycles. The largest absolute Gasteiger partial charge is 0.495 e. The number of hydrogen-bond acceptors (Lipinski definition) is 4. The first-order valence-corrected chi connectivity index (χ1v) is 10.9. The van der Waals surface area contributed by atoms with Crippen LogP contribution >= 0.6 is 0 Å². The number of amides is 1. The molecule has 1 aliphatic rings. The fourth-order valence-corrected chi connectivity index (χ4v) is 3.72. The highest BCUT2D eigenvalue weighted by Crippen LogP contribution is 2.30. The number of rotatable bonds is 8. The third kappa shape index (κ3) is 6.13. The van der Waals surface area contributed by atoms with Crippen molar-refractivity contribution in [1.29, 1.82) is 0 Å². The Morgan fingerprint density at radius 2 is 2.03 bits per heavy atom. The van der Waals surface area contributed by atoms with E-state index in [0.29, 0.717) is 24.7 Å². The Bertz CT molecular complexity index is 899. The molecule has 1 aliphatic heterocycles. The molecule has 166 valence electrons. The van der Waals surface area contributed by atoms with Crippen LogP contribution in [0.4, 0.5) is 5.69 Å². The maximum absolute atomic E-state index is 12.2. The number of methoxy groups -OCH3 is 1. The van der Waals surface area contributed by atoms with E-state index in [2.05, 4.69) is 31.9 Å². The van der Waals surface area contributed by atoms with Crippen LogP contribution in [0.3, 0.4) is 0 Å². The van der Waals surface area contributed by atoms with Crippen LogP contribution in [-0.4, -0.2) is 51.7 Å². The van der Waals surface area contributed by atoms with Gasteiger partial charge in [0.15, 0.2) is 5.96 Å². The summed E-state index contributed by atoms with van der Waals surface area (Å²) in [7, 11) is 3.48. The summed E-state index contributed by atoms with van der Waals surface area (Å²) in [5.41, 5.74) is 2.84. The van der Waals surface area contributed by atoms with Gasteiger partial charge in [0.1, 0.15) is 5.75 Å². The van der Waals surface area contributed by atoms with E-state index in [0.717, 1.165) is 48.9 Å². The highest BCUT2D eigenvalue weighted by atomic mass is 16.5. The van der Waals surface area contributed by atoms with Gasteiger partial charge in [-0.3, -0.25) is 9.79 Å². The van der Waals surface area contributed by atoms with Gasteiger partial charge in [0.2, 0.25) is 0 Å². The lowest BCUT2D eigenvalue weighted by atomic mass is 10.1. The fraction of sp³-hybridized carbons (Fsp3) is 0.417. The average molecular weight is 424 g/mol. The van der Waals surface area contributed by atoms with Gasteiger partial charge in [-0.15, -0.1) is 0 Å². The molecule has 0 radical (unpaired) electrons. The van der Waals surface area contributed by atoms with Crippen molar-refractivity contribution < 1.29 is 9.53 Å². The number of carbonyl (C=O) groups is 1. The smallest absolute Gasteiger partial charge is 0.251 e. The molecule has 7 nitrogen and oxygen atoms in total. The fourth-order valence-electron chi connectivity index (χ4n) is 3.72. The Kier molecular flexibility index (Phi) is 8.15. The number of para-hydroxylation sites is 2. The molecule has 3 N–H and O–H groups in total. The minimum atomic E-state index is -0.0337. The molecule has 2 aromatic rings. The van der Waals surface area contributed by atoms with E-state index in [1.54, 1.807) is 14.2 Å². The van der Waals surface area contributed by atoms with Crippen molar-refractivity contribution in [3.05, 3.63) is 59.7 Å². The van der Waals surface area contributed by atoms with Gasteiger partial charge in [0.05, 0.1) is 12.8 Å². The van der Waals surface area contributed by atoms with Gasteiger partial charge < -0.3 is 25.6 Å². The Balaban J connectivity index is 1.53. The zero-order valence-corrected chi connectivity index (χ0v) is 18.6. The molecule has 2 aromatic carbocycles. The van der Waals surface area contributed by atoms with E-state index >= 15 is 0 Å². The number of aliphatic imine (C=N–C) groups is 1. The van der Waals surface area contributed by atoms with E-state index in [1.807, 2.05) is 49.4 Å². The molecule has 3 rings (SSSR count). The predicted molar refractivity (Wildman–Crippen MR) is 126 cm³/mol. The zero-order valence-electron chi connectivity index (χ0n) is 18.6. The van der Waals surface area contributed by atoms with Crippen molar-refractivity contribution in [2.45, 2.75) is 32.4 Å². The molecule has 0 saturated carbocycles. The summed E-state index contributed by atoms with van der Waals surface area (Å²) in [6, 6.07) is 16.1. The second-order valence-corrected chi connectivity index (χ2v) is 7.63. The number of benzene rings is 2. The van der Waals surface area contributed by atoms with E-state index in [1.165, 1.54) is 0 Å². The molecule has 1 fully saturated rings. The molecule has 0 spiro atoms. The Morgan fingerprint density at radius 3 is 2.81 bits per heavy atom. The summed E-state index contributed by atoms with van der Waals surface area (Å²) in [5.74, 6) is 1.62. The van der Waals surface area contributed by atoms with Crippen molar-refractivity contribution in [2.24, 2.45) is 4.99 Å². The SMILES string of the molecule is CCCNC(=O)c1cccc(CNC(=NC)NC2CCN(c3ccccc3OC)C2)c1. The molecule has 1 saturated heterocycles. The standard InChI is InChI=1S/C24H33N5O2/c1-4-13-26-23(30)19-9-7-8-18(15-19)16-27-24(25-2)28-20-12-14-29(17-20)21-10-5-6-11-22(21)31-3/h5-11,15,20H,4,12-14,16-17H2,1-3H3,(H,26,30)(H2,25,27,28). The molecule has 31 heavy (non-hydrogen) atoms. The average Bonchev–Trinajstić information content (AvgIpc) is 3.28. The molecule has 7 heteroatoms. The third-order valence-electron chi connectivity index (χ3n) is 5.36. The molecule has 1 amide bonds. The lowest BCUT2D eigenvalue weighted by Gasteiger charge is -2.22. The quantitative estimate of drug-likeness (QED) is 0.450. The minimum Gasteiger partial charge on any atom is -0.495 e. The predicted octanol–water partition coefficient (Wildman–Crippen LogP) is 2.78. The first-order valence-electron chi connectivity index (χ1n) is 10.9. The number of nitrogens with zero attached hydrogens (tertiary/aromatic N) is 2. The Morgan fingerprint density at radius 1 is 1.19 bits per heavy atom. The van der Waals surface area contributed by atoms with Crippen molar-refractivity contribution in [3.63, 3.8) is 0 Å². The number of carbonyl (C=O) groups excluding carboxylic acids is 1. The lowest BCUT2D eigenvalue weighted by Crippen LogP contribution is -2.44. The molecule has 1 atom stereocenters. The van der Waals surface area contributed by atoms with Gasteiger partial charge in [-0.1, -0.05) is 31.2 Å². The third-order valence-corrected chi connectivity index (χ3v) is 5.36. The molecular formula is C24H33N5O2. The maximum atomic E-state index is 12.2. The molecule has 0 aliphatic carbocycles. The van der Waals surface area contributed by atoms with Crippen molar-refractivity contribution in [2.75, 3.05) is 38.7 Å². The highest BCUT2D eigenvalue weighted by Gasteiger charge is 2.25. The summed E-state index contributed by atoms with van der Waals surface area (Å²) >= 11 is 0. The van der Waals surface area contributed by atoms with Crippen LogP contribution in [0.1, 0.15) is 35.7 Å². The van der Waals surface area contributed by atoms with E-state index < -0.39 is 0 Å². The summed E-state index contributed by atoms with van der Waals surface area (Å²) in [4.78, 5) is 18.9. The van der Waals surface area contributed by atoms with Crippen molar-refractivity contribution in [1.82, 2.24) is 16.0 Å². The highest BCUT2D eigenvalue weighted by molar-refractivity contribution is 5.94. The van der Waals surface area contributed by atoms with Gasteiger partial charge >= 0.3 is 0 Å². The second kappa shape index (κ2) is 11.2. The van der Waals surface area contributed by atoms with E-state index in [9.17, 15) is 4.79 Å². The van der Waals surface area contributed by atoms with Gasteiger partial charge in [-0.25, -0.2) is 0 Å². The normalized spacial score (nSPS) is 16.2. The van der Waals surface area contributed by atoms with Crippen molar-refractivity contribution >= 4 is 17.6 Å². The van der Waals surface area contributed by atoms with Gasteiger partial charge in [-0.05, 0) is 42.7 Å². The van der Waals surface area contributed by atoms with Crippen LogP contribution in [0.25, 0.3) is 0 Å². The van der Waals surface area contributed by atoms with Gasteiger partial charge in [-0.2, -0.15) is 0 Å². The Labute approximate surface area is 184 Å². The van der Waals surface area contributed by atoms with Crippen LogP contribution in [0.2, 0.25) is 0 Å². The molecular weight excluding hydrogens is 390 g/mol. The number of anilines is 1. The summed E-state index contributed by atoms with van der Waals surface area (Å²) < 4.78 is 5.50. The van der Waals surface area contributed by atoms with Crippen LogP contribution in [0, 0.1) is 0 Å². The van der Waals surface area contributed by atoms with Gasteiger partial charge in [0.25, 0.3) is 5.91 Å². The van der Waals surface area contributed by atoms with Crippen molar-refractivity contribution in [3.8, 4) is 5.75 Å². The Hall–Kier alpha value is -3.22. The first-order chi connectivity index (χ1) is 15.1. The van der Waals surface area contributed by atoms with Crippen LogP contribution in [0.5, 0.6) is 5.75 Å². The topological polar surface area (TPSA) is 78.0 Å². The van der Waals surface area contributed by atoms with Gasteiger partial charge in [0, 0.05) is 44.8 Å². The second-order valence-electron chi connectivity index (χ2n) is 7.63. The monoisotopic (exact) mass is 423 g/mol. The minimum absolute atomic E-state index is 0.0337. The van der Waals surface area contributed by atoms with Crippen LogP contribution in [-0.2, 0) is 6.54 Å². The zero-order chi connectivity index (χ0) is 22.1. The van der Waals surface area contributed by atoms with E-state index in [4.69, 9.17) is 4.74 Å². The lowest BCUT2D eigenvalue weighted by molar-refractivity contribution is 0.0953. The summed E-state index contributed by atoms with van der Waals surface area (Å²) in [6.45, 7) is 5.17. The molecule has 1 unspecified atom stereocenters. The summed E-state index contributed by atoms with van der Waals surface area (Å²) in [5, 5.41) is 9.80. The number of hydrogen-bond donors (Lipinski definition) is 3. The van der Waals surface area contributed by atoms with Crippen LogP contribution < -0.4 is 25.6 Å². The summed E-state index contributed by atoms with van der Waals surface area (Å²) in [6.07, 6.45) is 1.94. The molecule has 0 bridgehead atoms. The maximum Gasteiger partial charge on any atom is 0.251 e. The number of nitrogens with one attached hydrogen (secondary N) is 3.